The first-order valence-corrected chi connectivity index (χ1v) is 6.25. The second-order valence-electron chi connectivity index (χ2n) is 4.57. The van der Waals surface area contributed by atoms with Crippen LogP contribution in [0.25, 0.3) is 0 Å². The van der Waals surface area contributed by atoms with Crippen LogP contribution in [0, 0.1) is 5.92 Å². The molecule has 0 bridgehead atoms. The molecule has 0 aromatic carbocycles. The number of hydrogen-bond donors (Lipinski definition) is 3. The number of rotatable bonds is 5. The van der Waals surface area contributed by atoms with Gasteiger partial charge in [0.05, 0.1) is 6.33 Å². The molecule has 0 aliphatic carbocycles. The van der Waals surface area contributed by atoms with Crippen molar-refractivity contribution >= 4 is 11.9 Å². The predicted octanol–water partition coefficient (Wildman–Crippen LogP) is -0.0518. The predicted molar refractivity (Wildman–Crippen MR) is 65.4 cm³/mol. The Labute approximate surface area is 110 Å². The fourth-order valence-corrected chi connectivity index (χ4v) is 2.07. The molecule has 1 amide bonds. The summed E-state index contributed by atoms with van der Waals surface area (Å²) in [7, 11) is 0. The van der Waals surface area contributed by atoms with Gasteiger partial charge in [-0.1, -0.05) is 0 Å². The van der Waals surface area contributed by atoms with Gasteiger partial charge in [-0.2, -0.15) is 0 Å². The molecule has 1 aliphatic rings. The summed E-state index contributed by atoms with van der Waals surface area (Å²) >= 11 is 0. The van der Waals surface area contributed by atoms with Crippen molar-refractivity contribution in [2.24, 2.45) is 5.92 Å². The third kappa shape index (κ3) is 3.78. The van der Waals surface area contributed by atoms with Gasteiger partial charge in [0, 0.05) is 37.4 Å². The summed E-state index contributed by atoms with van der Waals surface area (Å²) in [4.78, 5) is 29.8. The molecule has 1 atom stereocenters. The number of H-pyrrole nitrogens is 1. The number of carbonyl (C=O) groups is 2. The number of carboxylic acids is 1. The molecule has 0 radical (unpaired) electrons. The van der Waals surface area contributed by atoms with Gasteiger partial charge in [-0.3, -0.25) is 4.79 Å². The number of carboxylic acid groups (broad SMARTS) is 1. The smallest absolute Gasteiger partial charge is 0.326 e. The van der Waals surface area contributed by atoms with Gasteiger partial charge in [-0.15, -0.1) is 0 Å². The van der Waals surface area contributed by atoms with Gasteiger partial charge in [0.15, 0.2) is 0 Å². The minimum absolute atomic E-state index is 0.155. The molecule has 1 aromatic rings. The molecule has 19 heavy (non-hydrogen) atoms. The number of aliphatic carboxylic acids is 1. The van der Waals surface area contributed by atoms with Crippen LogP contribution in [0.5, 0.6) is 0 Å². The Balaban J connectivity index is 1.92. The maximum Gasteiger partial charge on any atom is 0.326 e. The third-order valence-electron chi connectivity index (χ3n) is 3.19. The van der Waals surface area contributed by atoms with E-state index in [2.05, 4.69) is 15.3 Å². The molecule has 0 unspecified atom stereocenters. The zero-order valence-electron chi connectivity index (χ0n) is 10.5. The van der Waals surface area contributed by atoms with E-state index in [9.17, 15) is 9.59 Å². The number of hydrogen-bond acceptors (Lipinski definition) is 4. The third-order valence-corrected chi connectivity index (χ3v) is 3.19. The maximum absolute atomic E-state index is 12.0. The number of carbonyl (C=O) groups excluding carboxylic acids is 1. The fraction of sp³-hybridized carbons (Fsp3) is 0.583. The van der Waals surface area contributed by atoms with Crippen molar-refractivity contribution in [1.29, 1.82) is 0 Å². The molecule has 0 spiro atoms. The Bertz CT molecular complexity index is 426. The van der Waals surface area contributed by atoms with Crippen molar-refractivity contribution in [1.82, 2.24) is 15.3 Å². The lowest BCUT2D eigenvalue weighted by Crippen LogP contribution is -2.46. The summed E-state index contributed by atoms with van der Waals surface area (Å²) in [6, 6.07) is -0.934. The Morgan fingerprint density at radius 1 is 1.53 bits per heavy atom. The Morgan fingerprint density at radius 2 is 2.26 bits per heavy atom. The van der Waals surface area contributed by atoms with Gasteiger partial charge in [0.1, 0.15) is 6.04 Å². The highest BCUT2D eigenvalue weighted by molar-refractivity contribution is 5.85. The van der Waals surface area contributed by atoms with Crippen LogP contribution in [-0.4, -0.2) is 46.2 Å². The van der Waals surface area contributed by atoms with Gasteiger partial charge in [0.25, 0.3) is 0 Å². The largest absolute Gasteiger partial charge is 0.480 e. The summed E-state index contributed by atoms with van der Waals surface area (Å²) in [5.41, 5.74) is 0.680. The van der Waals surface area contributed by atoms with E-state index in [-0.39, 0.29) is 18.2 Å². The van der Waals surface area contributed by atoms with Crippen molar-refractivity contribution in [2.45, 2.75) is 25.3 Å². The number of aromatic amines is 1. The van der Waals surface area contributed by atoms with E-state index in [0.717, 1.165) is 0 Å². The van der Waals surface area contributed by atoms with Crippen molar-refractivity contribution in [3.05, 3.63) is 18.2 Å². The standard InChI is InChI=1S/C12H17N3O4/c16-11(8-1-3-19-4-2-8)15-10(12(17)18)5-9-6-13-7-14-9/h6-8,10H,1-5H2,(H,13,14)(H,15,16)(H,17,18)/t10-/m1/s1. The highest BCUT2D eigenvalue weighted by Crippen LogP contribution is 2.15. The molecule has 0 saturated carbocycles. The summed E-state index contributed by atoms with van der Waals surface area (Å²) in [6.07, 6.45) is 4.51. The van der Waals surface area contributed by atoms with Crippen LogP contribution >= 0.6 is 0 Å². The van der Waals surface area contributed by atoms with E-state index in [4.69, 9.17) is 9.84 Å². The average Bonchev–Trinajstić information content (AvgIpc) is 2.91. The molecular formula is C12H17N3O4. The molecule has 7 heteroatoms. The van der Waals surface area contributed by atoms with E-state index in [1.54, 1.807) is 6.20 Å². The summed E-state index contributed by atoms with van der Waals surface area (Å²) in [5.74, 6) is -1.41. The van der Waals surface area contributed by atoms with Gasteiger partial charge in [0.2, 0.25) is 5.91 Å². The van der Waals surface area contributed by atoms with Crippen molar-refractivity contribution in [2.75, 3.05) is 13.2 Å². The molecule has 2 heterocycles. The zero-order chi connectivity index (χ0) is 13.7. The number of nitrogens with zero attached hydrogens (tertiary/aromatic N) is 1. The van der Waals surface area contributed by atoms with Crippen molar-refractivity contribution < 1.29 is 19.4 Å². The lowest BCUT2D eigenvalue weighted by molar-refractivity contribution is -0.143. The highest BCUT2D eigenvalue weighted by Gasteiger charge is 2.27. The second-order valence-corrected chi connectivity index (χ2v) is 4.57. The Kier molecular flexibility index (Phi) is 4.51. The van der Waals surface area contributed by atoms with Crippen LogP contribution in [0.4, 0.5) is 0 Å². The van der Waals surface area contributed by atoms with Crippen LogP contribution in [0.15, 0.2) is 12.5 Å². The maximum atomic E-state index is 12.0. The Morgan fingerprint density at radius 3 is 2.84 bits per heavy atom. The number of imidazole rings is 1. The lowest BCUT2D eigenvalue weighted by atomic mass is 9.98. The highest BCUT2D eigenvalue weighted by atomic mass is 16.5. The number of nitrogens with one attached hydrogen (secondary N) is 2. The first kappa shape index (κ1) is 13.5. The van der Waals surface area contributed by atoms with Gasteiger partial charge >= 0.3 is 5.97 Å². The lowest BCUT2D eigenvalue weighted by Gasteiger charge is -2.23. The van der Waals surface area contributed by atoms with E-state index in [1.807, 2.05) is 0 Å². The first-order valence-electron chi connectivity index (χ1n) is 6.25. The van der Waals surface area contributed by atoms with E-state index >= 15 is 0 Å². The van der Waals surface area contributed by atoms with Crippen molar-refractivity contribution in [3.8, 4) is 0 Å². The molecule has 3 N–H and O–H groups in total. The van der Waals surface area contributed by atoms with E-state index < -0.39 is 12.0 Å². The fourth-order valence-electron chi connectivity index (χ4n) is 2.07. The molecule has 1 fully saturated rings. The van der Waals surface area contributed by atoms with Gasteiger partial charge in [-0.05, 0) is 12.8 Å². The van der Waals surface area contributed by atoms with E-state index in [1.165, 1.54) is 6.33 Å². The molecule has 7 nitrogen and oxygen atoms in total. The normalized spacial score (nSPS) is 17.9. The molecule has 1 aromatic heterocycles. The SMILES string of the molecule is O=C(N[C@H](Cc1cnc[nH]1)C(=O)O)C1CCOCC1. The van der Waals surface area contributed by atoms with Crippen LogP contribution in [-0.2, 0) is 20.7 Å². The minimum atomic E-state index is -1.05. The zero-order valence-corrected chi connectivity index (χ0v) is 10.5. The molecule has 2 rings (SSSR count). The van der Waals surface area contributed by atoms with E-state index in [0.29, 0.717) is 31.7 Å². The molecular weight excluding hydrogens is 250 g/mol. The quantitative estimate of drug-likeness (QED) is 0.693. The second kappa shape index (κ2) is 6.33. The van der Waals surface area contributed by atoms with Crippen LogP contribution in [0.2, 0.25) is 0 Å². The molecule has 1 saturated heterocycles. The molecule has 104 valence electrons. The number of ether oxygens (including phenoxy) is 1. The van der Waals surface area contributed by atoms with Crippen LogP contribution < -0.4 is 5.32 Å². The van der Waals surface area contributed by atoms with Crippen molar-refractivity contribution in [3.63, 3.8) is 0 Å². The summed E-state index contributed by atoms with van der Waals surface area (Å²) < 4.78 is 5.18. The number of aromatic nitrogens is 2. The monoisotopic (exact) mass is 267 g/mol. The molecule has 1 aliphatic heterocycles. The van der Waals surface area contributed by atoms with Crippen LogP contribution in [0.3, 0.4) is 0 Å². The van der Waals surface area contributed by atoms with Gasteiger partial charge in [-0.25, -0.2) is 9.78 Å². The number of amides is 1. The summed E-state index contributed by atoms with van der Waals surface area (Å²) in [5, 5.41) is 11.7. The average molecular weight is 267 g/mol. The summed E-state index contributed by atoms with van der Waals surface area (Å²) in [6.45, 7) is 1.10. The Hall–Kier alpha value is -1.89. The van der Waals surface area contributed by atoms with Gasteiger partial charge < -0.3 is 20.1 Å². The van der Waals surface area contributed by atoms with Crippen LogP contribution in [0.1, 0.15) is 18.5 Å². The minimum Gasteiger partial charge on any atom is -0.480 e. The topological polar surface area (TPSA) is 104 Å². The first-order chi connectivity index (χ1) is 9.16.